The van der Waals surface area contributed by atoms with Crippen molar-refractivity contribution in [3.05, 3.63) is 0 Å². The van der Waals surface area contributed by atoms with E-state index >= 15 is 0 Å². The molecule has 5 unspecified atom stereocenters. The van der Waals surface area contributed by atoms with Crippen molar-refractivity contribution in [2.45, 2.75) is 163 Å². The van der Waals surface area contributed by atoms with Gasteiger partial charge in [-0.2, -0.15) is 0 Å². The molecule has 4 bridgehead atoms. The van der Waals surface area contributed by atoms with Crippen molar-refractivity contribution in [3.8, 4) is 0 Å². The fraction of sp³-hybridized carbons (Fsp3) is 0.941. The first-order valence-corrected chi connectivity index (χ1v) is 16.1. The van der Waals surface area contributed by atoms with Gasteiger partial charge in [-0.1, -0.05) is 48.0 Å². The van der Waals surface area contributed by atoms with Gasteiger partial charge < -0.3 is 14.6 Å². The van der Waals surface area contributed by atoms with E-state index in [1.165, 1.54) is 19.3 Å². The summed E-state index contributed by atoms with van der Waals surface area (Å²) in [7, 11) is 0. The van der Waals surface area contributed by atoms with Crippen molar-refractivity contribution >= 4 is 11.9 Å². The Morgan fingerprint density at radius 2 is 1.36 bits per heavy atom. The Hall–Kier alpha value is -1.10. The molecule has 0 radical (unpaired) electrons. The largest absolute Gasteiger partial charge is 0.459 e. The number of hydrogen-bond acceptors (Lipinski definition) is 5. The number of ether oxygens (including phenoxy) is 2. The van der Waals surface area contributed by atoms with Crippen LogP contribution in [0.3, 0.4) is 0 Å². The smallest absolute Gasteiger partial charge is 0.312 e. The van der Waals surface area contributed by atoms with E-state index in [-0.39, 0.29) is 28.6 Å². The first-order chi connectivity index (χ1) is 17.9. The lowest BCUT2D eigenvalue weighted by Crippen LogP contribution is -2.61. The summed E-state index contributed by atoms with van der Waals surface area (Å²) in [6.07, 6.45) is 11.7. The second kappa shape index (κ2) is 11.6. The Morgan fingerprint density at radius 1 is 0.846 bits per heavy atom. The predicted octanol–water partition coefficient (Wildman–Crippen LogP) is 8.26. The van der Waals surface area contributed by atoms with Crippen LogP contribution >= 0.6 is 0 Å². The summed E-state index contributed by atoms with van der Waals surface area (Å²) in [5.74, 6) is 2.75. The molecular formula is C34H60O5. The molecule has 1 N–H and O–H groups in total. The summed E-state index contributed by atoms with van der Waals surface area (Å²) in [5.41, 5.74) is -1.94. The highest BCUT2D eigenvalue weighted by molar-refractivity contribution is 5.76. The third-order valence-corrected chi connectivity index (χ3v) is 11.2. The Morgan fingerprint density at radius 3 is 1.79 bits per heavy atom. The summed E-state index contributed by atoms with van der Waals surface area (Å²) in [6, 6.07) is 0. The van der Waals surface area contributed by atoms with Crippen LogP contribution in [0.2, 0.25) is 0 Å². The monoisotopic (exact) mass is 548 g/mol. The van der Waals surface area contributed by atoms with E-state index in [4.69, 9.17) is 9.47 Å². The zero-order valence-electron chi connectivity index (χ0n) is 27.0. The highest BCUT2D eigenvalue weighted by Crippen LogP contribution is 2.59. The Labute approximate surface area is 239 Å². The van der Waals surface area contributed by atoms with E-state index in [0.717, 1.165) is 51.4 Å². The molecule has 0 heterocycles. The van der Waals surface area contributed by atoms with Crippen LogP contribution < -0.4 is 0 Å². The maximum atomic E-state index is 12.6. The number of hydrogen-bond donors (Lipinski definition) is 1. The molecule has 5 rings (SSSR count). The molecule has 5 saturated carbocycles. The minimum Gasteiger partial charge on any atom is -0.459 e. The minimum atomic E-state index is -0.555. The van der Waals surface area contributed by atoms with E-state index < -0.39 is 11.0 Å². The summed E-state index contributed by atoms with van der Waals surface area (Å²) in [6.45, 7) is 21.0. The summed E-state index contributed by atoms with van der Waals surface area (Å²) in [4.78, 5) is 25.0. The molecule has 226 valence electrons. The summed E-state index contributed by atoms with van der Waals surface area (Å²) < 4.78 is 12.2. The minimum absolute atomic E-state index is 0.0124. The van der Waals surface area contributed by atoms with Crippen molar-refractivity contribution in [2.75, 3.05) is 0 Å². The number of carbonyl (C=O) groups excluding carboxylic acids is 2. The number of aliphatic hydroxyl groups is 1. The van der Waals surface area contributed by atoms with Crippen molar-refractivity contribution in [1.29, 1.82) is 0 Å². The molecule has 5 aliphatic rings. The summed E-state index contributed by atoms with van der Waals surface area (Å²) in [5, 5.41) is 10.6. The van der Waals surface area contributed by atoms with Gasteiger partial charge in [-0.25, -0.2) is 0 Å². The van der Waals surface area contributed by atoms with Crippen LogP contribution in [-0.2, 0) is 19.1 Å². The molecule has 5 heteroatoms. The molecule has 0 amide bonds. The van der Waals surface area contributed by atoms with Gasteiger partial charge in [0.15, 0.2) is 0 Å². The van der Waals surface area contributed by atoms with Gasteiger partial charge in [0.25, 0.3) is 0 Å². The van der Waals surface area contributed by atoms with Crippen LogP contribution in [0.25, 0.3) is 0 Å². The number of esters is 2. The Balaban J connectivity index is 0.000000216. The Kier molecular flexibility index (Phi) is 9.68. The van der Waals surface area contributed by atoms with Gasteiger partial charge in [0, 0.05) is 12.3 Å². The average Bonchev–Trinajstić information content (AvgIpc) is 2.82. The normalized spacial score (nSPS) is 37.7. The number of rotatable bonds is 8. The first-order valence-electron chi connectivity index (χ1n) is 16.1. The van der Waals surface area contributed by atoms with Gasteiger partial charge in [-0.3, -0.25) is 9.59 Å². The van der Waals surface area contributed by atoms with Gasteiger partial charge in [0.2, 0.25) is 0 Å². The molecule has 5 fully saturated rings. The van der Waals surface area contributed by atoms with Gasteiger partial charge >= 0.3 is 11.9 Å². The highest BCUT2D eigenvalue weighted by Gasteiger charge is 2.59. The molecule has 5 nitrogen and oxygen atoms in total. The van der Waals surface area contributed by atoms with Crippen molar-refractivity contribution < 1.29 is 24.2 Å². The molecule has 5 aliphatic carbocycles. The summed E-state index contributed by atoms with van der Waals surface area (Å²) >= 11 is 0. The van der Waals surface area contributed by atoms with Crippen LogP contribution in [0.15, 0.2) is 0 Å². The van der Waals surface area contributed by atoms with Gasteiger partial charge in [-0.05, 0) is 116 Å². The quantitative estimate of drug-likeness (QED) is 0.309. The van der Waals surface area contributed by atoms with Crippen molar-refractivity contribution in [2.24, 2.45) is 40.4 Å². The van der Waals surface area contributed by atoms with Gasteiger partial charge in [0.1, 0.15) is 11.2 Å². The van der Waals surface area contributed by atoms with E-state index in [1.54, 1.807) is 0 Å². The molecule has 0 aromatic heterocycles. The Bertz CT molecular complexity index is 859. The molecule has 5 atom stereocenters. The van der Waals surface area contributed by atoms with E-state index in [9.17, 15) is 14.7 Å². The molecule has 0 aromatic carbocycles. The van der Waals surface area contributed by atoms with Crippen LogP contribution in [0.1, 0.15) is 146 Å². The molecule has 0 saturated heterocycles. The SMILES string of the molecule is CCC(C)(C)C(=O)OC1(CC)CC(C)CCC1C(C)C.CCC(C)(C)C(=O)OC12CC3CC(CC(O)(C3)C1)C2. The van der Waals surface area contributed by atoms with Crippen molar-refractivity contribution in [1.82, 2.24) is 0 Å². The standard InChI is InChI=1S/C18H34O2.C16H26O3/c1-8-17(6,7)16(19)20-18(9-2)12-14(5)10-11-15(18)13(3)4;1-4-14(2,3)13(17)19-16-8-11-5-12(9-16)7-15(18,6-11)10-16/h13-15H,8-12H2,1-7H3;11-12,18H,4-10H2,1-3H3. The van der Waals surface area contributed by atoms with Crippen molar-refractivity contribution in [3.63, 3.8) is 0 Å². The van der Waals surface area contributed by atoms with E-state index in [0.29, 0.717) is 36.0 Å². The molecule has 0 spiro atoms. The fourth-order valence-corrected chi connectivity index (χ4v) is 8.30. The van der Waals surface area contributed by atoms with Crippen LogP contribution in [0.5, 0.6) is 0 Å². The fourth-order valence-electron chi connectivity index (χ4n) is 8.30. The zero-order chi connectivity index (χ0) is 29.4. The zero-order valence-corrected chi connectivity index (χ0v) is 27.0. The average molecular weight is 549 g/mol. The third kappa shape index (κ3) is 7.04. The second-order valence-electron chi connectivity index (χ2n) is 15.8. The second-order valence-corrected chi connectivity index (χ2v) is 15.8. The van der Waals surface area contributed by atoms with Crippen LogP contribution in [-0.4, -0.2) is 33.8 Å². The third-order valence-electron chi connectivity index (χ3n) is 11.2. The highest BCUT2D eigenvalue weighted by atomic mass is 16.6. The lowest BCUT2D eigenvalue weighted by Gasteiger charge is -2.59. The van der Waals surface area contributed by atoms with E-state index in [1.807, 2.05) is 34.6 Å². The lowest BCUT2D eigenvalue weighted by atomic mass is 9.52. The van der Waals surface area contributed by atoms with Crippen LogP contribution in [0.4, 0.5) is 0 Å². The van der Waals surface area contributed by atoms with Gasteiger partial charge in [0.05, 0.1) is 16.4 Å². The topological polar surface area (TPSA) is 72.8 Å². The predicted molar refractivity (Wildman–Crippen MR) is 157 cm³/mol. The van der Waals surface area contributed by atoms with Crippen LogP contribution in [0, 0.1) is 40.4 Å². The maximum absolute atomic E-state index is 12.6. The molecule has 39 heavy (non-hydrogen) atoms. The lowest BCUT2D eigenvalue weighted by molar-refractivity contribution is -0.225. The number of carbonyl (C=O) groups is 2. The first kappa shape index (κ1) is 32.4. The van der Waals surface area contributed by atoms with E-state index in [2.05, 4.69) is 34.6 Å². The maximum Gasteiger partial charge on any atom is 0.312 e. The molecule has 0 aromatic rings. The van der Waals surface area contributed by atoms with Gasteiger partial charge in [-0.15, -0.1) is 0 Å². The molecule has 0 aliphatic heterocycles. The molecular weight excluding hydrogens is 488 g/mol.